The number of benzene rings is 1. The van der Waals surface area contributed by atoms with Gasteiger partial charge in [0.15, 0.2) is 11.5 Å². The molecule has 1 aromatic rings. The summed E-state index contributed by atoms with van der Waals surface area (Å²) in [5.74, 6) is 1.63. The predicted octanol–water partition coefficient (Wildman–Crippen LogP) is 3.62. The van der Waals surface area contributed by atoms with E-state index in [1.165, 1.54) is 0 Å². The van der Waals surface area contributed by atoms with Crippen molar-refractivity contribution in [3.8, 4) is 11.5 Å². The molecule has 0 aliphatic rings. The van der Waals surface area contributed by atoms with Crippen molar-refractivity contribution in [2.24, 2.45) is 11.1 Å². The first kappa shape index (κ1) is 15.8. The highest BCUT2D eigenvalue weighted by atomic mass is 16.5. The van der Waals surface area contributed by atoms with Gasteiger partial charge in [0.25, 0.3) is 0 Å². The number of rotatable bonds is 9. The first-order valence-corrected chi connectivity index (χ1v) is 7.20. The van der Waals surface area contributed by atoms with Gasteiger partial charge in [0.2, 0.25) is 0 Å². The van der Waals surface area contributed by atoms with Crippen molar-refractivity contribution < 1.29 is 9.47 Å². The molecule has 0 aliphatic carbocycles. The van der Waals surface area contributed by atoms with Crippen LogP contribution in [0.15, 0.2) is 24.3 Å². The largest absolute Gasteiger partial charge is 0.490 e. The second kappa shape index (κ2) is 8.05. The fourth-order valence-electron chi connectivity index (χ4n) is 2.18. The first-order valence-electron chi connectivity index (χ1n) is 7.20. The number of para-hydroxylation sites is 2. The summed E-state index contributed by atoms with van der Waals surface area (Å²) in [6, 6.07) is 7.81. The minimum atomic E-state index is 0.176. The highest BCUT2D eigenvalue weighted by Crippen LogP contribution is 2.29. The first-order chi connectivity index (χ1) is 9.15. The molecule has 108 valence electrons. The molecule has 3 heteroatoms. The Hall–Kier alpha value is -1.22. The molecule has 0 saturated heterocycles. The number of ether oxygens (including phenoxy) is 2. The summed E-state index contributed by atoms with van der Waals surface area (Å²) in [5, 5.41) is 0. The third-order valence-electron chi connectivity index (χ3n) is 3.46. The van der Waals surface area contributed by atoms with Gasteiger partial charge in [-0.05, 0) is 43.9 Å². The second-order valence-electron chi connectivity index (χ2n) is 5.24. The summed E-state index contributed by atoms with van der Waals surface area (Å²) in [6.45, 7) is 8.43. The van der Waals surface area contributed by atoms with Gasteiger partial charge in [0.1, 0.15) is 0 Å². The highest BCUT2D eigenvalue weighted by molar-refractivity contribution is 5.39. The van der Waals surface area contributed by atoms with E-state index in [0.717, 1.165) is 30.8 Å². The quantitative estimate of drug-likeness (QED) is 0.741. The zero-order valence-corrected chi connectivity index (χ0v) is 12.4. The lowest BCUT2D eigenvalue weighted by molar-refractivity contribution is 0.198. The Bertz CT molecular complexity index is 368. The van der Waals surface area contributed by atoms with Crippen LogP contribution in [-0.2, 0) is 0 Å². The summed E-state index contributed by atoms with van der Waals surface area (Å²) < 4.78 is 11.4. The van der Waals surface area contributed by atoms with E-state index < -0.39 is 0 Å². The lowest BCUT2D eigenvalue weighted by atomic mass is 9.83. The predicted molar refractivity (Wildman–Crippen MR) is 79.8 cm³/mol. The van der Waals surface area contributed by atoms with Crippen LogP contribution in [0.5, 0.6) is 11.5 Å². The van der Waals surface area contributed by atoms with Crippen LogP contribution in [-0.4, -0.2) is 19.8 Å². The molecule has 0 aromatic heterocycles. The van der Waals surface area contributed by atoms with E-state index in [2.05, 4.69) is 13.8 Å². The molecule has 0 aliphatic heterocycles. The van der Waals surface area contributed by atoms with Crippen LogP contribution >= 0.6 is 0 Å². The minimum absolute atomic E-state index is 0.176. The molecule has 0 radical (unpaired) electrons. The molecule has 1 rings (SSSR count). The van der Waals surface area contributed by atoms with Crippen LogP contribution in [0.2, 0.25) is 0 Å². The second-order valence-corrected chi connectivity index (χ2v) is 5.24. The van der Waals surface area contributed by atoms with Crippen molar-refractivity contribution in [3.05, 3.63) is 24.3 Å². The van der Waals surface area contributed by atoms with Crippen molar-refractivity contribution in [2.45, 2.75) is 40.0 Å². The van der Waals surface area contributed by atoms with Crippen molar-refractivity contribution in [1.29, 1.82) is 0 Å². The van der Waals surface area contributed by atoms with Gasteiger partial charge in [-0.15, -0.1) is 0 Å². The van der Waals surface area contributed by atoms with Gasteiger partial charge < -0.3 is 15.2 Å². The zero-order valence-electron chi connectivity index (χ0n) is 12.4. The highest BCUT2D eigenvalue weighted by Gasteiger charge is 2.21. The molecule has 1 unspecified atom stereocenters. The molecule has 0 fully saturated rings. The Labute approximate surface area is 117 Å². The summed E-state index contributed by atoms with van der Waals surface area (Å²) in [6.07, 6.45) is 3.26. The van der Waals surface area contributed by atoms with Crippen molar-refractivity contribution >= 4 is 0 Å². The minimum Gasteiger partial charge on any atom is -0.490 e. The Morgan fingerprint density at radius 3 is 2.21 bits per heavy atom. The van der Waals surface area contributed by atoms with E-state index in [1.807, 2.05) is 31.2 Å². The molecule has 0 saturated carbocycles. The van der Waals surface area contributed by atoms with Crippen molar-refractivity contribution in [3.63, 3.8) is 0 Å². The normalized spacial score (nSPS) is 13.9. The van der Waals surface area contributed by atoms with Gasteiger partial charge >= 0.3 is 0 Å². The molecule has 0 bridgehead atoms. The molecule has 0 amide bonds. The number of hydrogen-bond donors (Lipinski definition) is 1. The molecule has 3 nitrogen and oxygen atoms in total. The lowest BCUT2D eigenvalue weighted by Gasteiger charge is -2.27. The van der Waals surface area contributed by atoms with Crippen LogP contribution in [0.3, 0.4) is 0 Å². The van der Waals surface area contributed by atoms with Gasteiger partial charge in [-0.1, -0.05) is 32.4 Å². The van der Waals surface area contributed by atoms with Gasteiger partial charge in [-0.3, -0.25) is 0 Å². The average molecular weight is 265 g/mol. The maximum atomic E-state index is 5.87. The van der Waals surface area contributed by atoms with E-state index in [0.29, 0.717) is 19.8 Å². The van der Waals surface area contributed by atoms with Gasteiger partial charge in [0, 0.05) is 0 Å². The third kappa shape index (κ3) is 5.11. The van der Waals surface area contributed by atoms with Crippen LogP contribution in [0, 0.1) is 5.41 Å². The lowest BCUT2D eigenvalue weighted by Crippen LogP contribution is -2.29. The number of hydrogen-bond acceptors (Lipinski definition) is 3. The fourth-order valence-corrected chi connectivity index (χ4v) is 2.18. The monoisotopic (exact) mass is 265 g/mol. The fraction of sp³-hybridized carbons (Fsp3) is 0.625. The van der Waals surface area contributed by atoms with E-state index >= 15 is 0 Å². The topological polar surface area (TPSA) is 44.5 Å². The average Bonchev–Trinajstić information content (AvgIpc) is 2.41. The molecule has 2 N–H and O–H groups in total. The maximum Gasteiger partial charge on any atom is 0.161 e. The van der Waals surface area contributed by atoms with Crippen LogP contribution in [0.1, 0.15) is 40.0 Å². The van der Waals surface area contributed by atoms with Crippen LogP contribution < -0.4 is 15.2 Å². The Morgan fingerprint density at radius 1 is 1.05 bits per heavy atom. The summed E-state index contributed by atoms with van der Waals surface area (Å²) >= 11 is 0. The summed E-state index contributed by atoms with van der Waals surface area (Å²) in [7, 11) is 0. The van der Waals surface area contributed by atoms with Crippen LogP contribution in [0.25, 0.3) is 0 Å². The van der Waals surface area contributed by atoms with Gasteiger partial charge in [0.05, 0.1) is 13.2 Å². The molecule has 0 spiro atoms. The molecule has 1 aromatic carbocycles. The van der Waals surface area contributed by atoms with Crippen molar-refractivity contribution in [2.75, 3.05) is 19.8 Å². The SMILES string of the molecule is CCCC(C)(CN)CCOc1ccccc1OCC. The standard InChI is InChI=1S/C16H27NO2/c1-4-10-16(3,13-17)11-12-19-15-9-7-6-8-14(15)18-5-2/h6-9H,4-5,10-13,17H2,1-3H3. The molecule has 19 heavy (non-hydrogen) atoms. The van der Waals surface area contributed by atoms with Crippen LogP contribution in [0.4, 0.5) is 0 Å². The Kier molecular flexibility index (Phi) is 6.71. The number of nitrogens with two attached hydrogens (primary N) is 1. The smallest absolute Gasteiger partial charge is 0.161 e. The molecular weight excluding hydrogens is 238 g/mol. The summed E-state index contributed by atoms with van der Waals surface area (Å²) in [4.78, 5) is 0. The van der Waals surface area contributed by atoms with Gasteiger partial charge in [-0.25, -0.2) is 0 Å². The Balaban J connectivity index is 2.52. The third-order valence-corrected chi connectivity index (χ3v) is 3.46. The van der Waals surface area contributed by atoms with E-state index in [-0.39, 0.29) is 5.41 Å². The Morgan fingerprint density at radius 2 is 1.68 bits per heavy atom. The van der Waals surface area contributed by atoms with Gasteiger partial charge in [-0.2, -0.15) is 0 Å². The molecule has 0 heterocycles. The van der Waals surface area contributed by atoms with Crippen molar-refractivity contribution in [1.82, 2.24) is 0 Å². The van der Waals surface area contributed by atoms with E-state index in [9.17, 15) is 0 Å². The van der Waals surface area contributed by atoms with E-state index in [4.69, 9.17) is 15.2 Å². The molecular formula is C16H27NO2. The maximum absolute atomic E-state index is 5.87. The zero-order chi connectivity index (χ0) is 14.1. The van der Waals surface area contributed by atoms with E-state index in [1.54, 1.807) is 0 Å². The summed E-state index contributed by atoms with van der Waals surface area (Å²) in [5.41, 5.74) is 6.05. The molecule has 1 atom stereocenters.